The van der Waals surface area contributed by atoms with Crippen molar-refractivity contribution in [1.82, 2.24) is 5.32 Å². The minimum Gasteiger partial charge on any atom is -0.392 e. The summed E-state index contributed by atoms with van der Waals surface area (Å²) in [6.45, 7) is 4.62. The monoisotopic (exact) mass is 259 g/mol. The number of rotatable bonds is 8. The lowest BCUT2D eigenvalue weighted by molar-refractivity contribution is -0.0327. The number of aliphatic hydroxyl groups excluding tert-OH is 1. The summed E-state index contributed by atoms with van der Waals surface area (Å²) in [6.07, 6.45) is 1.30. The molecule has 0 aliphatic rings. The molecule has 2 nitrogen and oxygen atoms in total. The molecule has 0 radical (unpaired) electrons. The molecule has 2 N–H and O–H groups in total. The van der Waals surface area contributed by atoms with Crippen LogP contribution in [0.15, 0.2) is 0 Å². The van der Waals surface area contributed by atoms with Gasteiger partial charge in [-0.1, -0.05) is 26.7 Å². The van der Waals surface area contributed by atoms with Gasteiger partial charge in [0.05, 0.1) is 6.10 Å². The van der Waals surface area contributed by atoms with Gasteiger partial charge in [0.15, 0.2) is 0 Å². The van der Waals surface area contributed by atoms with Crippen LogP contribution in [0.2, 0.25) is 0 Å². The van der Waals surface area contributed by atoms with Crippen LogP contribution in [0.5, 0.6) is 0 Å². The molecule has 0 aromatic carbocycles. The minimum atomic E-state index is -4.16. The van der Waals surface area contributed by atoms with Gasteiger partial charge < -0.3 is 10.4 Å². The molecule has 1 atom stereocenters. The predicted molar refractivity (Wildman–Crippen MR) is 61.5 cm³/mol. The van der Waals surface area contributed by atoms with Gasteiger partial charge in [-0.05, 0) is 17.7 Å². The Hall–Kier alpha value is 0.0600. The van der Waals surface area contributed by atoms with Crippen LogP contribution in [0.4, 0.5) is 13.2 Å². The molecule has 0 aliphatic carbocycles. The number of nitrogens with one attached hydrogen (secondary N) is 1. The zero-order valence-corrected chi connectivity index (χ0v) is 10.5. The van der Waals surface area contributed by atoms with Gasteiger partial charge in [0.2, 0.25) is 0 Å². The second kappa shape index (κ2) is 8.20. The highest BCUT2D eigenvalue weighted by Gasteiger charge is 2.27. The first kappa shape index (κ1) is 16.1. The van der Waals surface area contributed by atoms with E-state index in [1.54, 1.807) is 0 Å². The average molecular weight is 259 g/mol. The molecule has 0 fully saturated rings. The second-order valence-electron chi connectivity index (χ2n) is 3.64. The Labute approximate surface area is 99.0 Å². The van der Waals surface area contributed by atoms with Crippen molar-refractivity contribution < 1.29 is 18.3 Å². The Morgan fingerprint density at radius 2 is 1.81 bits per heavy atom. The average Bonchev–Trinajstić information content (AvgIpc) is 2.17. The third-order valence-electron chi connectivity index (χ3n) is 2.49. The van der Waals surface area contributed by atoms with E-state index in [1.807, 2.05) is 13.8 Å². The van der Waals surface area contributed by atoms with Crippen LogP contribution in [-0.4, -0.2) is 35.6 Å². The van der Waals surface area contributed by atoms with E-state index in [0.29, 0.717) is 6.54 Å². The van der Waals surface area contributed by atoms with E-state index < -0.39 is 11.6 Å². The summed E-state index contributed by atoms with van der Waals surface area (Å²) in [6, 6.07) is 0. The van der Waals surface area contributed by atoms with Gasteiger partial charge in [0.1, 0.15) is 0 Å². The van der Waals surface area contributed by atoms with Crippen molar-refractivity contribution in [3.05, 3.63) is 0 Å². The highest BCUT2D eigenvalue weighted by atomic mass is 32.2. The normalized spacial score (nSPS) is 14.4. The number of thioether (sulfide) groups is 1. The fourth-order valence-electron chi connectivity index (χ4n) is 1.49. The molecular weight excluding hydrogens is 239 g/mol. The summed E-state index contributed by atoms with van der Waals surface area (Å²) in [5.41, 5.74) is -4.16. The van der Waals surface area contributed by atoms with Crippen molar-refractivity contribution in [2.75, 3.05) is 18.8 Å². The third kappa shape index (κ3) is 8.24. The van der Waals surface area contributed by atoms with Gasteiger partial charge in [-0.3, -0.25) is 0 Å². The van der Waals surface area contributed by atoms with E-state index >= 15 is 0 Å². The van der Waals surface area contributed by atoms with Crippen LogP contribution in [0.1, 0.15) is 26.7 Å². The van der Waals surface area contributed by atoms with Crippen molar-refractivity contribution in [2.45, 2.75) is 38.3 Å². The van der Waals surface area contributed by atoms with Crippen molar-refractivity contribution in [3.63, 3.8) is 0 Å². The molecular formula is C10H20F3NOS. The van der Waals surface area contributed by atoms with Gasteiger partial charge in [-0.25, -0.2) is 0 Å². The van der Waals surface area contributed by atoms with Crippen LogP contribution in [-0.2, 0) is 0 Å². The summed E-state index contributed by atoms with van der Waals surface area (Å²) < 4.78 is 35.3. The quantitative estimate of drug-likeness (QED) is 0.657. The first-order chi connectivity index (χ1) is 7.40. The molecule has 0 saturated heterocycles. The van der Waals surface area contributed by atoms with E-state index in [0.717, 1.165) is 12.8 Å². The Bertz CT molecular complexity index is 174. The maximum Gasteiger partial charge on any atom is 0.441 e. The first-order valence-electron chi connectivity index (χ1n) is 5.50. The highest BCUT2D eigenvalue weighted by molar-refractivity contribution is 8.00. The van der Waals surface area contributed by atoms with Crippen LogP contribution in [0.3, 0.4) is 0 Å². The van der Waals surface area contributed by atoms with Gasteiger partial charge in [0, 0.05) is 18.8 Å². The molecule has 16 heavy (non-hydrogen) atoms. The lowest BCUT2D eigenvalue weighted by Crippen LogP contribution is -2.33. The van der Waals surface area contributed by atoms with Crippen molar-refractivity contribution >= 4 is 11.8 Å². The van der Waals surface area contributed by atoms with Crippen LogP contribution < -0.4 is 5.32 Å². The molecule has 0 rings (SSSR count). The first-order valence-corrected chi connectivity index (χ1v) is 6.48. The number of aliphatic hydroxyl groups is 1. The van der Waals surface area contributed by atoms with Crippen molar-refractivity contribution in [2.24, 2.45) is 5.92 Å². The van der Waals surface area contributed by atoms with Crippen LogP contribution >= 0.6 is 11.8 Å². The summed E-state index contributed by atoms with van der Waals surface area (Å²) in [5.74, 6) is 0.210. The Balaban J connectivity index is 3.51. The molecule has 0 aromatic heterocycles. The molecule has 0 aromatic rings. The second-order valence-corrected chi connectivity index (χ2v) is 4.80. The summed E-state index contributed by atoms with van der Waals surface area (Å²) in [7, 11) is 0. The summed E-state index contributed by atoms with van der Waals surface area (Å²) in [5, 5.41) is 12.5. The molecule has 0 bridgehead atoms. The minimum absolute atomic E-state index is 0.0147. The fourth-order valence-corrected chi connectivity index (χ4v) is 1.97. The Morgan fingerprint density at radius 1 is 1.25 bits per heavy atom. The maximum absolute atomic E-state index is 11.8. The zero-order valence-electron chi connectivity index (χ0n) is 9.68. The maximum atomic E-state index is 11.8. The van der Waals surface area contributed by atoms with E-state index in [1.165, 1.54) is 0 Å². The van der Waals surface area contributed by atoms with Gasteiger partial charge in [0.25, 0.3) is 0 Å². The van der Waals surface area contributed by atoms with E-state index in [-0.39, 0.29) is 30.0 Å². The predicted octanol–water partition coefficient (Wildman–Crippen LogP) is 2.63. The molecule has 0 heterocycles. The van der Waals surface area contributed by atoms with Crippen LogP contribution in [0, 0.1) is 5.92 Å². The van der Waals surface area contributed by atoms with Crippen molar-refractivity contribution in [1.29, 1.82) is 0 Å². The lowest BCUT2D eigenvalue weighted by Gasteiger charge is -2.20. The third-order valence-corrected chi connectivity index (χ3v) is 3.23. The van der Waals surface area contributed by atoms with E-state index in [2.05, 4.69) is 5.32 Å². The number of halogens is 3. The standard InChI is InChI=1S/C10H20F3NOS/c1-3-8(4-2)9(15)7-14-5-6-16-10(11,12)13/h8-9,14-15H,3-7H2,1-2H3. The Kier molecular flexibility index (Phi) is 8.23. The summed E-state index contributed by atoms with van der Waals surface area (Å²) in [4.78, 5) is 0. The van der Waals surface area contributed by atoms with Gasteiger partial charge in [-0.15, -0.1) is 0 Å². The molecule has 98 valence electrons. The largest absolute Gasteiger partial charge is 0.441 e. The van der Waals surface area contributed by atoms with Gasteiger partial charge in [-0.2, -0.15) is 13.2 Å². The molecule has 0 saturated carbocycles. The molecule has 0 amide bonds. The van der Waals surface area contributed by atoms with Gasteiger partial charge >= 0.3 is 5.51 Å². The van der Waals surface area contributed by atoms with Crippen molar-refractivity contribution in [3.8, 4) is 0 Å². The SMILES string of the molecule is CCC(CC)C(O)CNCCSC(F)(F)F. The lowest BCUT2D eigenvalue weighted by atomic mass is 9.97. The molecule has 1 unspecified atom stereocenters. The number of alkyl halides is 3. The highest BCUT2D eigenvalue weighted by Crippen LogP contribution is 2.29. The molecule has 6 heteroatoms. The molecule has 0 spiro atoms. The summed E-state index contributed by atoms with van der Waals surface area (Å²) >= 11 is -0.0390. The van der Waals surface area contributed by atoms with Crippen LogP contribution in [0.25, 0.3) is 0 Å². The molecule has 0 aliphatic heterocycles. The number of hydrogen-bond acceptors (Lipinski definition) is 3. The Morgan fingerprint density at radius 3 is 2.25 bits per heavy atom. The topological polar surface area (TPSA) is 32.3 Å². The fraction of sp³-hybridized carbons (Fsp3) is 1.00. The number of hydrogen-bond donors (Lipinski definition) is 2. The smallest absolute Gasteiger partial charge is 0.392 e. The van der Waals surface area contributed by atoms with E-state index in [4.69, 9.17) is 0 Å². The van der Waals surface area contributed by atoms with E-state index in [9.17, 15) is 18.3 Å². The zero-order chi connectivity index (χ0) is 12.6.